The van der Waals surface area contributed by atoms with Crippen molar-refractivity contribution in [1.82, 2.24) is 19.7 Å². The molecule has 0 aliphatic carbocycles. The molecule has 2 heterocycles. The molecule has 2 aromatic rings. The summed E-state index contributed by atoms with van der Waals surface area (Å²) in [4.78, 5) is 29.8. The number of fused-ring (bicyclic) bond motifs is 1. The molecule has 1 fully saturated rings. The van der Waals surface area contributed by atoms with E-state index in [0.29, 0.717) is 30.1 Å². The van der Waals surface area contributed by atoms with Crippen molar-refractivity contribution in [3.05, 3.63) is 40.8 Å². The van der Waals surface area contributed by atoms with Gasteiger partial charge < -0.3 is 20.1 Å². The van der Waals surface area contributed by atoms with Crippen molar-refractivity contribution >= 4 is 22.5 Å². The quantitative estimate of drug-likeness (QED) is 0.798. The lowest BCUT2D eigenvalue weighted by atomic mass is 10.1. The van der Waals surface area contributed by atoms with Crippen LogP contribution in [0.25, 0.3) is 10.8 Å². The second-order valence-corrected chi connectivity index (χ2v) is 7.97. The number of amides is 2. The van der Waals surface area contributed by atoms with Gasteiger partial charge in [-0.3, -0.25) is 9.69 Å². The minimum atomic E-state index is -0.242. The SMILES string of the molecule is CC(C)Cn1cc(NC(=O)NCCN2CCN(C)CC2)c2ccccc2c1=O. The zero-order valence-corrected chi connectivity index (χ0v) is 17.1. The highest BCUT2D eigenvalue weighted by molar-refractivity contribution is 6.00. The van der Waals surface area contributed by atoms with Crippen LogP contribution in [0.5, 0.6) is 0 Å². The molecule has 0 saturated carbocycles. The zero-order valence-electron chi connectivity index (χ0n) is 17.1. The number of urea groups is 1. The van der Waals surface area contributed by atoms with Crippen LogP contribution in [-0.2, 0) is 6.54 Å². The standard InChI is InChI=1S/C21H31N5O2/c1-16(2)14-26-15-19(17-6-4-5-7-18(17)20(26)27)23-21(28)22-8-9-25-12-10-24(3)11-13-25/h4-7,15-16H,8-14H2,1-3H3,(H2,22,23,28). The lowest BCUT2D eigenvalue weighted by molar-refractivity contribution is 0.155. The van der Waals surface area contributed by atoms with E-state index in [0.717, 1.165) is 38.1 Å². The van der Waals surface area contributed by atoms with Gasteiger partial charge in [-0.1, -0.05) is 32.0 Å². The number of carbonyl (C=O) groups is 1. The molecule has 1 aromatic heterocycles. The Morgan fingerprint density at radius 2 is 1.79 bits per heavy atom. The second-order valence-electron chi connectivity index (χ2n) is 7.97. The molecule has 0 radical (unpaired) electrons. The summed E-state index contributed by atoms with van der Waals surface area (Å²) < 4.78 is 1.69. The van der Waals surface area contributed by atoms with Crippen molar-refractivity contribution in [2.24, 2.45) is 5.92 Å². The van der Waals surface area contributed by atoms with E-state index < -0.39 is 0 Å². The Morgan fingerprint density at radius 3 is 2.46 bits per heavy atom. The van der Waals surface area contributed by atoms with Crippen molar-refractivity contribution in [3.8, 4) is 0 Å². The molecule has 2 amide bonds. The lowest BCUT2D eigenvalue weighted by Gasteiger charge is -2.32. The van der Waals surface area contributed by atoms with Crippen molar-refractivity contribution in [3.63, 3.8) is 0 Å². The van der Waals surface area contributed by atoms with Gasteiger partial charge in [-0.25, -0.2) is 4.79 Å². The molecule has 0 atom stereocenters. The summed E-state index contributed by atoms with van der Waals surface area (Å²) in [5.41, 5.74) is 0.637. The fraction of sp³-hybridized carbons (Fsp3) is 0.524. The highest BCUT2D eigenvalue weighted by Gasteiger charge is 2.14. The van der Waals surface area contributed by atoms with E-state index in [1.54, 1.807) is 10.8 Å². The third kappa shape index (κ3) is 5.11. The van der Waals surface area contributed by atoms with Crippen LogP contribution >= 0.6 is 0 Å². The van der Waals surface area contributed by atoms with Crippen LogP contribution in [0.4, 0.5) is 10.5 Å². The molecule has 7 heteroatoms. The molecule has 152 valence electrons. The topological polar surface area (TPSA) is 69.6 Å². The first-order valence-electron chi connectivity index (χ1n) is 10.0. The molecule has 28 heavy (non-hydrogen) atoms. The number of nitrogens with zero attached hydrogens (tertiary/aromatic N) is 3. The van der Waals surface area contributed by atoms with Gasteiger partial charge in [0.05, 0.1) is 5.69 Å². The van der Waals surface area contributed by atoms with E-state index in [1.165, 1.54) is 0 Å². The highest BCUT2D eigenvalue weighted by atomic mass is 16.2. The molecule has 7 nitrogen and oxygen atoms in total. The Morgan fingerprint density at radius 1 is 1.11 bits per heavy atom. The number of hydrogen-bond acceptors (Lipinski definition) is 4. The molecule has 1 aromatic carbocycles. The Bertz CT molecular complexity index is 869. The maximum atomic E-state index is 12.7. The van der Waals surface area contributed by atoms with E-state index >= 15 is 0 Å². The molecular weight excluding hydrogens is 354 g/mol. The van der Waals surface area contributed by atoms with Gasteiger partial charge in [-0.05, 0) is 19.0 Å². The Hall–Kier alpha value is -2.38. The van der Waals surface area contributed by atoms with Crippen LogP contribution in [0.1, 0.15) is 13.8 Å². The predicted molar refractivity (Wildman–Crippen MR) is 114 cm³/mol. The molecule has 1 aliphatic rings. The first-order chi connectivity index (χ1) is 13.4. The third-order valence-electron chi connectivity index (χ3n) is 5.11. The summed E-state index contributed by atoms with van der Waals surface area (Å²) in [5.74, 6) is 0.337. The van der Waals surface area contributed by atoms with Gasteiger partial charge in [-0.15, -0.1) is 0 Å². The Balaban J connectivity index is 1.66. The van der Waals surface area contributed by atoms with Gasteiger partial charge in [0.25, 0.3) is 5.56 Å². The Kier molecular flexibility index (Phi) is 6.70. The van der Waals surface area contributed by atoms with Crippen molar-refractivity contribution in [1.29, 1.82) is 0 Å². The number of aromatic nitrogens is 1. The van der Waals surface area contributed by atoms with Gasteiger partial charge in [0.1, 0.15) is 0 Å². The monoisotopic (exact) mass is 385 g/mol. The third-order valence-corrected chi connectivity index (χ3v) is 5.11. The van der Waals surface area contributed by atoms with E-state index in [1.807, 2.05) is 24.3 Å². The average molecular weight is 386 g/mol. The molecule has 0 spiro atoms. The predicted octanol–water partition coefficient (Wildman–Crippen LogP) is 2.03. The fourth-order valence-corrected chi connectivity index (χ4v) is 3.54. The largest absolute Gasteiger partial charge is 0.337 e. The molecule has 2 N–H and O–H groups in total. The van der Waals surface area contributed by atoms with Gasteiger partial charge >= 0.3 is 6.03 Å². The van der Waals surface area contributed by atoms with Crippen LogP contribution < -0.4 is 16.2 Å². The first kappa shape index (κ1) is 20.4. The first-order valence-corrected chi connectivity index (χ1v) is 10.0. The molecule has 0 unspecified atom stereocenters. The summed E-state index contributed by atoms with van der Waals surface area (Å²) >= 11 is 0. The second kappa shape index (κ2) is 9.21. The van der Waals surface area contributed by atoms with Gasteiger partial charge in [0.15, 0.2) is 0 Å². The molecule has 1 saturated heterocycles. The van der Waals surface area contributed by atoms with E-state index in [4.69, 9.17) is 0 Å². The molecular formula is C21H31N5O2. The fourth-order valence-electron chi connectivity index (χ4n) is 3.54. The van der Waals surface area contributed by atoms with Crippen LogP contribution in [-0.4, -0.2) is 66.7 Å². The van der Waals surface area contributed by atoms with E-state index in [-0.39, 0.29) is 11.6 Å². The summed E-state index contributed by atoms with van der Waals surface area (Å²) in [6.07, 6.45) is 1.75. The number of pyridine rings is 1. The van der Waals surface area contributed by atoms with Crippen LogP contribution in [0.2, 0.25) is 0 Å². The van der Waals surface area contributed by atoms with Crippen molar-refractivity contribution in [2.75, 3.05) is 51.6 Å². The Labute approximate surface area is 166 Å². The smallest absolute Gasteiger partial charge is 0.319 e. The van der Waals surface area contributed by atoms with Crippen molar-refractivity contribution in [2.45, 2.75) is 20.4 Å². The van der Waals surface area contributed by atoms with Crippen molar-refractivity contribution < 1.29 is 4.79 Å². The van der Waals surface area contributed by atoms with Gasteiger partial charge in [-0.2, -0.15) is 0 Å². The molecule has 0 bridgehead atoms. The zero-order chi connectivity index (χ0) is 20.1. The van der Waals surface area contributed by atoms with Crippen LogP contribution in [0.15, 0.2) is 35.3 Å². The highest BCUT2D eigenvalue weighted by Crippen LogP contribution is 2.20. The molecule has 1 aliphatic heterocycles. The summed E-state index contributed by atoms with van der Waals surface area (Å²) in [6, 6.07) is 7.17. The number of carbonyl (C=O) groups excluding carboxylic acids is 1. The van der Waals surface area contributed by atoms with Crippen LogP contribution in [0.3, 0.4) is 0 Å². The van der Waals surface area contributed by atoms with Gasteiger partial charge in [0.2, 0.25) is 0 Å². The number of rotatable bonds is 6. The summed E-state index contributed by atoms with van der Waals surface area (Å²) in [6.45, 7) is 10.4. The lowest BCUT2D eigenvalue weighted by Crippen LogP contribution is -2.47. The average Bonchev–Trinajstić information content (AvgIpc) is 2.67. The number of piperazine rings is 1. The number of likely N-dealkylation sites (N-methyl/N-ethyl adjacent to an activating group) is 1. The maximum Gasteiger partial charge on any atom is 0.319 e. The summed E-state index contributed by atoms with van der Waals surface area (Å²) in [7, 11) is 2.13. The number of hydrogen-bond donors (Lipinski definition) is 2. The minimum Gasteiger partial charge on any atom is -0.337 e. The normalized spacial score (nSPS) is 15.9. The molecule has 3 rings (SSSR count). The van der Waals surface area contributed by atoms with E-state index in [2.05, 4.69) is 41.3 Å². The number of nitrogens with one attached hydrogen (secondary N) is 2. The summed E-state index contributed by atoms with van der Waals surface area (Å²) in [5, 5.41) is 7.26. The minimum absolute atomic E-state index is 0.0228. The number of anilines is 1. The van der Waals surface area contributed by atoms with Crippen LogP contribution in [0, 0.1) is 5.92 Å². The maximum absolute atomic E-state index is 12.7. The van der Waals surface area contributed by atoms with Gasteiger partial charge in [0, 0.05) is 62.8 Å². The number of benzene rings is 1. The van der Waals surface area contributed by atoms with E-state index in [9.17, 15) is 9.59 Å².